The topological polar surface area (TPSA) is 123 Å². The number of halogens is 1. The van der Waals surface area contributed by atoms with Crippen LogP contribution in [0.5, 0.6) is 0 Å². The minimum Gasteiger partial charge on any atom is -0.357 e. The second-order valence-electron chi connectivity index (χ2n) is 5.49. The van der Waals surface area contributed by atoms with Gasteiger partial charge in [0.15, 0.2) is 0 Å². The van der Waals surface area contributed by atoms with Crippen LogP contribution < -0.4 is 16.2 Å². The van der Waals surface area contributed by atoms with Crippen LogP contribution in [0.3, 0.4) is 0 Å². The van der Waals surface area contributed by atoms with Crippen molar-refractivity contribution < 1.29 is 17.1 Å². The molecule has 9 nitrogen and oxygen atoms in total. The van der Waals surface area contributed by atoms with Gasteiger partial charge in [-0.3, -0.25) is 14.2 Å². The molecule has 2 N–H and O–H groups in total. The molecule has 0 saturated heterocycles. The summed E-state index contributed by atoms with van der Waals surface area (Å²) in [5, 5.41) is 5.86. The number of carbonyl (C=O) groups is 1. The molecule has 1 amide bonds. The summed E-state index contributed by atoms with van der Waals surface area (Å²) < 4.78 is 35.7. The highest BCUT2D eigenvalue weighted by Crippen LogP contribution is 2.16. The number of fused-ring (bicyclic) bond motifs is 1. The molecule has 27 heavy (non-hydrogen) atoms. The van der Waals surface area contributed by atoms with E-state index in [1.165, 1.54) is 29.0 Å². The molecule has 140 valence electrons. The minimum atomic E-state index is -4.81. The summed E-state index contributed by atoms with van der Waals surface area (Å²) in [6, 6.07) is 7.42. The van der Waals surface area contributed by atoms with Gasteiger partial charge in [0.2, 0.25) is 11.9 Å². The molecule has 0 atom stereocenters. The van der Waals surface area contributed by atoms with Gasteiger partial charge in [-0.1, -0.05) is 0 Å². The molecule has 0 aliphatic rings. The summed E-state index contributed by atoms with van der Waals surface area (Å²) in [6.07, 6.45) is 1.53. The maximum Gasteiger partial charge on any atom is 0.332 e. The summed E-state index contributed by atoms with van der Waals surface area (Å²) in [5.41, 5.74) is 0.124. The van der Waals surface area contributed by atoms with Crippen molar-refractivity contribution in [3.8, 4) is 0 Å². The summed E-state index contributed by atoms with van der Waals surface area (Å²) in [6.45, 7) is -0.320. The standard InChI is InChI=1S/C16H14FN5O4S/c1-18-16-19-8-10-2-7-14(24)22(15(10)21-16)9-13(23)20-11-3-5-12(6-4-11)27(17,25)26/h2-8H,9H2,1H3,(H,20,23)(H,18,19,21). The van der Waals surface area contributed by atoms with Gasteiger partial charge < -0.3 is 10.6 Å². The first kappa shape index (κ1) is 18.5. The maximum atomic E-state index is 12.9. The molecule has 0 spiro atoms. The number of benzene rings is 1. The molecule has 0 aliphatic carbocycles. The second kappa shape index (κ2) is 7.11. The molecule has 0 unspecified atom stereocenters. The molecule has 0 bridgehead atoms. The smallest absolute Gasteiger partial charge is 0.332 e. The summed E-state index contributed by atoms with van der Waals surface area (Å²) in [7, 11) is -3.19. The van der Waals surface area contributed by atoms with Gasteiger partial charge in [0.05, 0.1) is 4.90 Å². The summed E-state index contributed by atoms with van der Waals surface area (Å²) in [5.74, 6) is -0.240. The van der Waals surface area contributed by atoms with Gasteiger partial charge >= 0.3 is 10.2 Å². The zero-order valence-electron chi connectivity index (χ0n) is 14.0. The van der Waals surface area contributed by atoms with Crippen molar-refractivity contribution in [2.24, 2.45) is 0 Å². The first-order valence-corrected chi connectivity index (χ1v) is 9.05. The van der Waals surface area contributed by atoms with Crippen LogP contribution in [0.2, 0.25) is 0 Å². The van der Waals surface area contributed by atoms with Crippen molar-refractivity contribution in [2.75, 3.05) is 17.7 Å². The Hall–Kier alpha value is -3.34. The Kier molecular flexibility index (Phi) is 4.86. The number of nitrogens with zero attached hydrogens (tertiary/aromatic N) is 3. The predicted octanol–water partition coefficient (Wildman–Crippen LogP) is 1.13. The molecule has 11 heteroatoms. The average Bonchev–Trinajstić information content (AvgIpc) is 2.63. The lowest BCUT2D eigenvalue weighted by Gasteiger charge is -2.10. The Balaban J connectivity index is 1.86. The highest BCUT2D eigenvalue weighted by atomic mass is 32.3. The first-order chi connectivity index (χ1) is 12.8. The Labute approximate surface area is 153 Å². The van der Waals surface area contributed by atoms with Gasteiger partial charge in [-0.05, 0) is 30.3 Å². The Morgan fingerprint density at radius 1 is 1.19 bits per heavy atom. The highest BCUT2D eigenvalue weighted by molar-refractivity contribution is 7.86. The monoisotopic (exact) mass is 391 g/mol. The van der Waals surface area contributed by atoms with E-state index < -0.39 is 26.6 Å². The van der Waals surface area contributed by atoms with E-state index in [0.29, 0.717) is 11.3 Å². The molecule has 3 aromatic rings. The van der Waals surface area contributed by atoms with E-state index >= 15 is 0 Å². The molecular formula is C16H14FN5O4S. The molecule has 3 rings (SSSR count). The normalized spacial score (nSPS) is 11.3. The third-order valence-electron chi connectivity index (χ3n) is 3.67. The fourth-order valence-corrected chi connectivity index (χ4v) is 2.85. The Morgan fingerprint density at radius 3 is 2.52 bits per heavy atom. The minimum absolute atomic E-state index is 0.256. The van der Waals surface area contributed by atoms with Gasteiger partial charge in [-0.15, -0.1) is 3.89 Å². The van der Waals surface area contributed by atoms with Crippen LogP contribution in [0.1, 0.15) is 0 Å². The van der Waals surface area contributed by atoms with Crippen LogP contribution in [-0.2, 0) is 21.6 Å². The van der Waals surface area contributed by atoms with Gasteiger partial charge in [0, 0.05) is 30.4 Å². The third-order valence-corrected chi connectivity index (χ3v) is 4.50. The van der Waals surface area contributed by atoms with Crippen molar-refractivity contribution in [1.82, 2.24) is 14.5 Å². The van der Waals surface area contributed by atoms with Gasteiger partial charge in [-0.2, -0.15) is 13.4 Å². The molecular weight excluding hydrogens is 377 g/mol. The van der Waals surface area contributed by atoms with Crippen LogP contribution in [0.15, 0.2) is 52.3 Å². The van der Waals surface area contributed by atoms with E-state index in [1.54, 1.807) is 13.1 Å². The van der Waals surface area contributed by atoms with Crippen molar-refractivity contribution in [1.29, 1.82) is 0 Å². The van der Waals surface area contributed by atoms with Crippen LogP contribution in [0, 0.1) is 0 Å². The largest absolute Gasteiger partial charge is 0.357 e. The zero-order valence-corrected chi connectivity index (χ0v) is 14.8. The Bertz CT molecular complexity index is 1180. The molecule has 2 heterocycles. The predicted molar refractivity (Wildman–Crippen MR) is 96.7 cm³/mol. The quantitative estimate of drug-likeness (QED) is 0.625. The average molecular weight is 391 g/mol. The number of nitrogens with one attached hydrogen (secondary N) is 2. The lowest BCUT2D eigenvalue weighted by molar-refractivity contribution is -0.116. The van der Waals surface area contributed by atoms with Crippen LogP contribution in [0.4, 0.5) is 15.5 Å². The van der Waals surface area contributed by atoms with Gasteiger partial charge in [0.1, 0.15) is 12.2 Å². The summed E-state index contributed by atoms with van der Waals surface area (Å²) >= 11 is 0. The lowest BCUT2D eigenvalue weighted by Crippen LogP contribution is -2.28. The van der Waals surface area contributed by atoms with E-state index in [2.05, 4.69) is 20.6 Å². The van der Waals surface area contributed by atoms with E-state index in [4.69, 9.17) is 0 Å². The number of pyridine rings is 1. The van der Waals surface area contributed by atoms with E-state index in [0.717, 1.165) is 12.1 Å². The van der Waals surface area contributed by atoms with Crippen molar-refractivity contribution in [3.63, 3.8) is 0 Å². The molecule has 0 aliphatic heterocycles. The molecule has 0 fully saturated rings. The SMILES string of the molecule is CNc1ncc2ccc(=O)n(CC(=O)Nc3ccc(S(=O)(=O)F)cc3)c2n1. The Morgan fingerprint density at radius 2 is 1.89 bits per heavy atom. The molecule has 2 aromatic heterocycles. The number of amides is 1. The molecule has 1 aromatic carbocycles. The number of carbonyl (C=O) groups excluding carboxylic acids is 1. The fourth-order valence-electron chi connectivity index (χ4n) is 2.39. The lowest BCUT2D eigenvalue weighted by atomic mass is 10.3. The van der Waals surface area contributed by atoms with E-state index in [1.807, 2.05) is 0 Å². The van der Waals surface area contributed by atoms with Crippen molar-refractivity contribution in [3.05, 3.63) is 52.9 Å². The van der Waals surface area contributed by atoms with Gasteiger partial charge in [-0.25, -0.2) is 4.98 Å². The first-order valence-electron chi connectivity index (χ1n) is 7.67. The zero-order chi connectivity index (χ0) is 19.6. The number of hydrogen-bond donors (Lipinski definition) is 2. The van der Waals surface area contributed by atoms with Crippen molar-refractivity contribution >= 4 is 38.8 Å². The van der Waals surface area contributed by atoms with Gasteiger partial charge in [0.25, 0.3) is 5.56 Å². The maximum absolute atomic E-state index is 12.9. The van der Waals surface area contributed by atoms with E-state index in [9.17, 15) is 21.9 Å². The van der Waals surface area contributed by atoms with Crippen LogP contribution in [0.25, 0.3) is 11.0 Å². The highest BCUT2D eigenvalue weighted by Gasteiger charge is 2.13. The fraction of sp³-hybridized carbons (Fsp3) is 0.125. The molecule has 0 saturated carbocycles. The molecule has 0 radical (unpaired) electrons. The third kappa shape index (κ3) is 4.08. The number of aromatic nitrogens is 3. The van der Waals surface area contributed by atoms with Crippen LogP contribution in [-0.4, -0.2) is 35.9 Å². The summed E-state index contributed by atoms with van der Waals surface area (Å²) in [4.78, 5) is 32.2. The van der Waals surface area contributed by atoms with E-state index in [-0.39, 0.29) is 17.9 Å². The number of rotatable bonds is 5. The second-order valence-corrected chi connectivity index (χ2v) is 6.84. The number of anilines is 2. The van der Waals surface area contributed by atoms with Crippen molar-refractivity contribution in [2.45, 2.75) is 11.4 Å². The number of hydrogen-bond acceptors (Lipinski definition) is 7. The van der Waals surface area contributed by atoms with Crippen LogP contribution >= 0.6 is 0 Å².